The average Bonchev–Trinajstić information content (AvgIpc) is 2.20. The molecule has 1 nitrogen and oxygen atoms in total. The molecule has 1 N–H and O–H groups in total. The summed E-state index contributed by atoms with van der Waals surface area (Å²) in [6.07, 6.45) is 0.946. The van der Waals surface area contributed by atoms with Gasteiger partial charge in [0, 0.05) is 16.1 Å². The third-order valence-corrected chi connectivity index (χ3v) is 3.31. The highest BCUT2D eigenvalue weighted by atomic mass is 35.5. The highest BCUT2D eigenvalue weighted by molar-refractivity contribution is 6.35. The Bertz CT molecular complexity index is 337. The quantitative estimate of drug-likeness (QED) is 0.837. The summed E-state index contributed by atoms with van der Waals surface area (Å²) in [4.78, 5) is 0. The van der Waals surface area contributed by atoms with Crippen LogP contribution in [-0.2, 0) is 6.42 Å². The highest BCUT2D eigenvalue weighted by Gasteiger charge is 2.14. The number of benzene rings is 1. The van der Waals surface area contributed by atoms with Gasteiger partial charge in [-0.05, 0) is 36.6 Å². The van der Waals surface area contributed by atoms with E-state index in [9.17, 15) is 0 Å². The van der Waals surface area contributed by atoms with Crippen molar-refractivity contribution in [2.75, 3.05) is 6.54 Å². The smallest absolute Gasteiger partial charge is 0.0453 e. The van der Waals surface area contributed by atoms with Gasteiger partial charge in [0.15, 0.2) is 0 Å². The second-order valence-electron chi connectivity index (χ2n) is 4.35. The Labute approximate surface area is 108 Å². The first-order valence-corrected chi connectivity index (χ1v) is 6.47. The van der Waals surface area contributed by atoms with Gasteiger partial charge in [-0.2, -0.15) is 0 Å². The largest absolute Gasteiger partial charge is 0.314 e. The van der Waals surface area contributed by atoms with Crippen LogP contribution in [0.3, 0.4) is 0 Å². The molecule has 0 heterocycles. The van der Waals surface area contributed by atoms with Gasteiger partial charge in [-0.1, -0.05) is 50.0 Å². The molecule has 1 atom stereocenters. The van der Waals surface area contributed by atoms with Gasteiger partial charge in [-0.25, -0.2) is 0 Å². The molecule has 0 aromatic heterocycles. The molecule has 0 bridgehead atoms. The summed E-state index contributed by atoms with van der Waals surface area (Å²) in [5, 5.41) is 4.93. The summed E-state index contributed by atoms with van der Waals surface area (Å²) < 4.78 is 0. The van der Waals surface area contributed by atoms with Gasteiger partial charge in [-0.15, -0.1) is 0 Å². The summed E-state index contributed by atoms with van der Waals surface area (Å²) in [5.41, 5.74) is 1.16. The maximum absolute atomic E-state index is 6.17. The molecule has 0 aliphatic heterocycles. The monoisotopic (exact) mass is 259 g/mol. The molecule has 0 saturated heterocycles. The number of hydrogen-bond acceptors (Lipinski definition) is 1. The molecule has 1 rings (SSSR count). The normalized spacial score (nSPS) is 13.1. The SMILES string of the molecule is CCNC(Cc1ccc(Cl)cc1Cl)C(C)C. The van der Waals surface area contributed by atoms with Gasteiger partial charge in [-0.3, -0.25) is 0 Å². The highest BCUT2D eigenvalue weighted by Crippen LogP contribution is 2.23. The van der Waals surface area contributed by atoms with E-state index in [2.05, 4.69) is 26.1 Å². The molecule has 0 fully saturated rings. The molecule has 0 spiro atoms. The topological polar surface area (TPSA) is 12.0 Å². The van der Waals surface area contributed by atoms with Crippen LogP contribution in [0.25, 0.3) is 0 Å². The second-order valence-corrected chi connectivity index (χ2v) is 5.19. The Kier molecular flexibility index (Phi) is 5.60. The Balaban J connectivity index is 2.77. The van der Waals surface area contributed by atoms with Crippen LogP contribution in [0.15, 0.2) is 18.2 Å². The van der Waals surface area contributed by atoms with E-state index in [1.165, 1.54) is 0 Å². The zero-order valence-electron chi connectivity index (χ0n) is 10.1. The number of hydrogen-bond donors (Lipinski definition) is 1. The van der Waals surface area contributed by atoms with Gasteiger partial charge in [0.25, 0.3) is 0 Å². The minimum Gasteiger partial charge on any atom is -0.314 e. The number of likely N-dealkylation sites (N-methyl/N-ethyl adjacent to an activating group) is 1. The van der Waals surface area contributed by atoms with Gasteiger partial charge < -0.3 is 5.32 Å². The lowest BCUT2D eigenvalue weighted by Gasteiger charge is -2.22. The summed E-state index contributed by atoms with van der Waals surface area (Å²) >= 11 is 12.0. The van der Waals surface area contributed by atoms with Crippen molar-refractivity contribution < 1.29 is 0 Å². The molecule has 3 heteroatoms. The van der Waals surface area contributed by atoms with E-state index in [4.69, 9.17) is 23.2 Å². The van der Waals surface area contributed by atoms with E-state index in [0.29, 0.717) is 17.0 Å². The molecule has 1 aromatic carbocycles. The number of rotatable bonds is 5. The van der Waals surface area contributed by atoms with Crippen LogP contribution in [0.4, 0.5) is 0 Å². The minimum atomic E-state index is 0.462. The first kappa shape index (κ1) is 13.8. The molecule has 0 aliphatic rings. The molecule has 90 valence electrons. The van der Waals surface area contributed by atoms with Crippen molar-refractivity contribution in [1.29, 1.82) is 0 Å². The van der Waals surface area contributed by atoms with Crippen LogP contribution in [0.5, 0.6) is 0 Å². The van der Waals surface area contributed by atoms with Crippen molar-refractivity contribution >= 4 is 23.2 Å². The van der Waals surface area contributed by atoms with Crippen molar-refractivity contribution in [2.24, 2.45) is 5.92 Å². The van der Waals surface area contributed by atoms with Crippen molar-refractivity contribution in [1.82, 2.24) is 5.32 Å². The van der Waals surface area contributed by atoms with E-state index >= 15 is 0 Å². The molecule has 0 amide bonds. The van der Waals surface area contributed by atoms with Gasteiger partial charge in [0.05, 0.1) is 0 Å². The van der Waals surface area contributed by atoms with E-state index in [1.54, 1.807) is 0 Å². The Hall–Kier alpha value is -0.240. The third kappa shape index (κ3) is 3.97. The molecule has 0 radical (unpaired) electrons. The maximum atomic E-state index is 6.17. The zero-order valence-corrected chi connectivity index (χ0v) is 11.6. The minimum absolute atomic E-state index is 0.462. The van der Waals surface area contributed by atoms with Crippen LogP contribution in [0.2, 0.25) is 10.0 Å². The summed E-state index contributed by atoms with van der Waals surface area (Å²) in [6, 6.07) is 6.18. The second kappa shape index (κ2) is 6.48. The zero-order chi connectivity index (χ0) is 12.1. The molecule has 16 heavy (non-hydrogen) atoms. The first-order chi connectivity index (χ1) is 7.54. The Morgan fingerprint density at radius 1 is 1.25 bits per heavy atom. The number of halogens is 2. The van der Waals surface area contributed by atoms with E-state index in [0.717, 1.165) is 23.6 Å². The standard InChI is InChI=1S/C13H19Cl2N/c1-4-16-13(9(2)3)7-10-5-6-11(14)8-12(10)15/h5-6,8-9,13,16H,4,7H2,1-3H3. The lowest BCUT2D eigenvalue weighted by Crippen LogP contribution is -2.35. The molecule has 1 unspecified atom stereocenters. The molecular formula is C13H19Cl2N. The maximum Gasteiger partial charge on any atom is 0.0453 e. The molecular weight excluding hydrogens is 241 g/mol. The van der Waals surface area contributed by atoms with Gasteiger partial charge in [0.2, 0.25) is 0 Å². The van der Waals surface area contributed by atoms with Crippen molar-refractivity contribution in [3.8, 4) is 0 Å². The summed E-state index contributed by atoms with van der Waals surface area (Å²) in [7, 11) is 0. The van der Waals surface area contributed by atoms with Crippen molar-refractivity contribution in [2.45, 2.75) is 33.2 Å². The molecule has 0 saturated carbocycles. The van der Waals surface area contributed by atoms with Crippen LogP contribution in [0.1, 0.15) is 26.3 Å². The van der Waals surface area contributed by atoms with Crippen LogP contribution >= 0.6 is 23.2 Å². The number of nitrogens with one attached hydrogen (secondary N) is 1. The van der Waals surface area contributed by atoms with E-state index in [-0.39, 0.29) is 0 Å². The Morgan fingerprint density at radius 3 is 2.44 bits per heavy atom. The Morgan fingerprint density at radius 2 is 1.94 bits per heavy atom. The van der Waals surface area contributed by atoms with E-state index < -0.39 is 0 Å². The summed E-state index contributed by atoms with van der Waals surface area (Å²) in [6.45, 7) is 7.54. The van der Waals surface area contributed by atoms with Gasteiger partial charge >= 0.3 is 0 Å². The van der Waals surface area contributed by atoms with E-state index in [1.807, 2.05) is 18.2 Å². The first-order valence-electron chi connectivity index (χ1n) is 5.72. The van der Waals surface area contributed by atoms with Gasteiger partial charge in [0.1, 0.15) is 0 Å². The van der Waals surface area contributed by atoms with Crippen LogP contribution < -0.4 is 5.32 Å². The fourth-order valence-corrected chi connectivity index (χ4v) is 2.22. The third-order valence-electron chi connectivity index (χ3n) is 2.73. The van der Waals surface area contributed by atoms with Crippen molar-refractivity contribution in [3.05, 3.63) is 33.8 Å². The lowest BCUT2D eigenvalue weighted by atomic mass is 9.96. The van der Waals surface area contributed by atoms with Crippen LogP contribution in [0, 0.1) is 5.92 Å². The fourth-order valence-electron chi connectivity index (χ4n) is 1.73. The molecule has 0 aliphatic carbocycles. The average molecular weight is 260 g/mol. The van der Waals surface area contributed by atoms with Crippen LogP contribution in [-0.4, -0.2) is 12.6 Å². The fraction of sp³-hybridized carbons (Fsp3) is 0.538. The molecule has 1 aromatic rings. The predicted octanol–water partition coefficient (Wildman–Crippen LogP) is 4.17. The van der Waals surface area contributed by atoms with Crippen molar-refractivity contribution in [3.63, 3.8) is 0 Å². The lowest BCUT2D eigenvalue weighted by molar-refractivity contribution is 0.405. The predicted molar refractivity (Wildman–Crippen MR) is 72.5 cm³/mol. The summed E-state index contributed by atoms with van der Waals surface area (Å²) in [5.74, 6) is 0.590.